The molecule has 4 atom stereocenters. The van der Waals surface area contributed by atoms with Crippen LogP contribution in [-0.2, 0) is 20.2 Å². The smallest absolute Gasteiger partial charge is 0.281 e. The van der Waals surface area contributed by atoms with E-state index in [4.69, 9.17) is 9.72 Å². The second-order valence-corrected chi connectivity index (χ2v) is 14.0. The standard InChI is InChI=1S/C28H41N5O4S/c1-17-14-21(18(2)37-8)29-23-10-9-11-24(31-23)38(35,36)32-26(34)20-12-13-22(27(3,4)5)30-25(20)33-16-19(17)15-28(33,6)7/h9-13,17-19,21H,14-16H2,1-8H3,(H,29,31)(H,32,34)/t17-,18?,19-,21?/m0/s1. The van der Waals surface area contributed by atoms with E-state index in [1.165, 1.54) is 6.07 Å². The van der Waals surface area contributed by atoms with Gasteiger partial charge in [-0.05, 0) is 69.7 Å². The highest BCUT2D eigenvalue weighted by Gasteiger charge is 2.43. The second-order valence-electron chi connectivity index (χ2n) is 12.4. The molecule has 10 heteroatoms. The molecule has 9 nitrogen and oxygen atoms in total. The molecule has 4 bridgehead atoms. The number of anilines is 2. The Kier molecular flexibility index (Phi) is 7.53. The van der Waals surface area contributed by atoms with Crippen molar-refractivity contribution in [2.75, 3.05) is 23.9 Å². The van der Waals surface area contributed by atoms with Crippen LogP contribution in [0.15, 0.2) is 35.4 Å². The summed E-state index contributed by atoms with van der Waals surface area (Å²) in [4.78, 5) is 25.0. The Hall–Kier alpha value is -2.72. The number of methoxy groups -OCH3 is 1. The number of nitrogens with zero attached hydrogens (tertiary/aromatic N) is 3. The maximum Gasteiger partial charge on any atom is 0.281 e. The van der Waals surface area contributed by atoms with Gasteiger partial charge in [0.25, 0.3) is 15.9 Å². The lowest BCUT2D eigenvalue weighted by atomic mass is 9.83. The van der Waals surface area contributed by atoms with Crippen LogP contribution in [0, 0.1) is 11.8 Å². The number of hydrogen-bond acceptors (Lipinski definition) is 8. The van der Waals surface area contributed by atoms with Gasteiger partial charge >= 0.3 is 0 Å². The summed E-state index contributed by atoms with van der Waals surface area (Å²) in [6, 6.07) is 8.14. The molecule has 2 aliphatic rings. The fraction of sp³-hybridized carbons (Fsp3) is 0.607. The van der Waals surface area contributed by atoms with Gasteiger partial charge in [0.05, 0.1) is 17.7 Å². The van der Waals surface area contributed by atoms with Crippen LogP contribution in [0.1, 0.15) is 77.4 Å². The van der Waals surface area contributed by atoms with Crippen LogP contribution in [-0.4, -0.2) is 55.6 Å². The number of carbonyl (C=O) groups excluding carboxylic acids is 1. The maximum atomic E-state index is 13.5. The summed E-state index contributed by atoms with van der Waals surface area (Å²) in [5.74, 6) is 0.862. The topological polar surface area (TPSA) is 114 Å². The number of pyridine rings is 2. The van der Waals surface area contributed by atoms with E-state index < -0.39 is 15.9 Å². The number of amides is 1. The zero-order chi connectivity index (χ0) is 28.0. The zero-order valence-electron chi connectivity index (χ0n) is 23.7. The Morgan fingerprint density at radius 3 is 2.53 bits per heavy atom. The number of carbonyl (C=O) groups is 1. The maximum absolute atomic E-state index is 13.5. The van der Waals surface area contributed by atoms with Crippen LogP contribution in [0.2, 0.25) is 0 Å². The number of nitrogens with one attached hydrogen (secondary N) is 2. The molecule has 2 unspecified atom stereocenters. The van der Waals surface area contributed by atoms with Crippen LogP contribution in [0.5, 0.6) is 0 Å². The van der Waals surface area contributed by atoms with Crippen molar-refractivity contribution in [3.05, 3.63) is 41.6 Å². The fourth-order valence-corrected chi connectivity index (χ4v) is 6.43. The largest absolute Gasteiger partial charge is 0.380 e. The Bertz CT molecular complexity index is 1300. The normalized spacial score (nSPS) is 25.8. The molecular formula is C28H41N5O4S. The first-order valence-electron chi connectivity index (χ1n) is 13.2. The van der Waals surface area contributed by atoms with Crippen molar-refractivity contribution in [3.8, 4) is 0 Å². The highest BCUT2D eigenvalue weighted by atomic mass is 32.2. The summed E-state index contributed by atoms with van der Waals surface area (Å²) in [5.41, 5.74) is 0.544. The third kappa shape index (κ3) is 5.66. The van der Waals surface area contributed by atoms with Crippen LogP contribution in [0.4, 0.5) is 11.6 Å². The molecule has 0 aliphatic carbocycles. The van der Waals surface area contributed by atoms with Crippen LogP contribution >= 0.6 is 0 Å². The van der Waals surface area contributed by atoms with E-state index in [2.05, 4.69) is 61.5 Å². The minimum Gasteiger partial charge on any atom is -0.380 e. The van der Waals surface area contributed by atoms with Gasteiger partial charge in [0.1, 0.15) is 11.6 Å². The third-order valence-corrected chi connectivity index (χ3v) is 9.21. The molecule has 38 heavy (non-hydrogen) atoms. The summed E-state index contributed by atoms with van der Waals surface area (Å²) in [7, 11) is -2.56. The zero-order valence-corrected chi connectivity index (χ0v) is 24.5. The first-order valence-corrected chi connectivity index (χ1v) is 14.7. The number of rotatable bonds is 2. The fourth-order valence-electron chi connectivity index (χ4n) is 5.49. The average Bonchev–Trinajstić information content (AvgIpc) is 3.16. The summed E-state index contributed by atoms with van der Waals surface area (Å²) < 4.78 is 34.5. The van der Waals surface area contributed by atoms with Crippen LogP contribution in [0.3, 0.4) is 0 Å². The molecule has 1 fully saturated rings. The van der Waals surface area contributed by atoms with Crippen molar-refractivity contribution >= 4 is 27.6 Å². The van der Waals surface area contributed by atoms with Crippen molar-refractivity contribution in [3.63, 3.8) is 0 Å². The van der Waals surface area contributed by atoms with Crippen molar-refractivity contribution in [1.82, 2.24) is 14.7 Å². The van der Waals surface area contributed by atoms with Gasteiger partial charge in [-0.15, -0.1) is 0 Å². The van der Waals surface area contributed by atoms with E-state index in [9.17, 15) is 13.2 Å². The number of sulfonamides is 1. The molecular weight excluding hydrogens is 502 g/mol. The monoisotopic (exact) mass is 543 g/mol. The predicted molar refractivity (Wildman–Crippen MR) is 149 cm³/mol. The van der Waals surface area contributed by atoms with Gasteiger partial charge in [0.2, 0.25) is 0 Å². The quantitative estimate of drug-likeness (QED) is 0.575. The summed E-state index contributed by atoms with van der Waals surface area (Å²) in [5, 5.41) is 3.17. The highest BCUT2D eigenvalue weighted by molar-refractivity contribution is 7.90. The van der Waals surface area contributed by atoms with Crippen molar-refractivity contribution in [2.45, 2.75) is 89.4 Å². The van der Waals surface area contributed by atoms with Gasteiger partial charge in [-0.2, -0.15) is 8.42 Å². The minimum atomic E-state index is -4.23. The molecule has 0 aromatic carbocycles. The molecule has 2 aromatic rings. The number of hydrogen-bond donors (Lipinski definition) is 2. The summed E-state index contributed by atoms with van der Waals surface area (Å²) in [6.45, 7) is 15.5. The predicted octanol–water partition coefficient (Wildman–Crippen LogP) is 4.35. The lowest BCUT2D eigenvalue weighted by molar-refractivity contribution is 0.0908. The third-order valence-electron chi connectivity index (χ3n) is 7.98. The average molecular weight is 544 g/mol. The lowest BCUT2D eigenvalue weighted by Gasteiger charge is -2.34. The highest BCUT2D eigenvalue weighted by Crippen LogP contribution is 2.42. The van der Waals surface area contributed by atoms with Gasteiger partial charge in [0.15, 0.2) is 5.03 Å². The van der Waals surface area contributed by atoms with E-state index in [1.807, 2.05) is 13.0 Å². The summed E-state index contributed by atoms with van der Waals surface area (Å²) in [6.07, 6.45) is 1.59. The SMILES string of the molecule is COC(C)C1C[C@H](C)[C@@H]2CN(c3nc(C(C)(C)C)ccc3C(=O)NS(=O)(=O)c3cccc(n3)N1)C(C)(C)C2. The molecule has 0 radical (unpaired) electrons. The molecule has 208 valence electrons. The first kappa shape index (κ1) is 28.3. The van der Waals surface area contributed by atoms with Crippen molar-refractivity contribution in [1.29, 1.82) is 0 Å². The van der Waals surface area contributed by atoms with Crippen molar-refractivity contribution < 1.29 is 17.9 Å². The second kappa shape index (κ2) is 10.1. The van der Waals surface area contributed by atoms with E-state index in [1.54, 1.807) is 25.3 Å². The molecule has 2 aromatic heterocycles. The number of fused-ring (bicyclic) bond motifs is 6. The molecule has 4 rings (SSSR count). The van der Waals surface area contributed by atoms with Gasteiger partial charge in [0, 0.05) is 30.3 Å². The van der Waals surface area contributed by atoms with Gasteiger partial charge in [-0.3, -0.25) is 4.79 Å². The summed E-state index contributed by atoms with van der Waals surface area (Å²) >= 11 is 0. The molecule has 2 aliphatic heterocycles. The Morgan fingerprint density at radius 2 is 1.87 bits per heavy atom. The Morgan fingerprint density at radius 1 is 1.16 bits per heavy atom. The van der Waals surface area contributed by atoms with E-state index in [-0.39, 0.29) is 33.7 Å². The molecule has 0 spiro atoms. The van der Waals surface area contributed by atoms with Crippen LogP contribution < -0.4 is 14.9 Å². The van der Waals surface area contributed by atoms with Crippen molar-refractivity contribution in [2.24, 2.45) is 11.8 Å². The number of aromatic nitrogens is 2. The number of ether oxygens (including phenoxy) is 1. The molecule has 1 saturated heterocycles. The van der Waals surface area contributed by atoms with Gasteiger partial charge in [-0.1, -0.05) is 33.8 Å². The first-order chi connectivity index (χ1) is 17.6. The molecule has 0 saturated carbocycles. The minimum absolute atomic E-state index is 0.0877. The molecule has 1 amide bonds. The Balaban J connectivity index is 1.88. The van der Waals surface area contributed by atoms with E-state index >= 15 is 0 Å². The van der Waals surface area contributed by atoms with E-state index in [0.29, 0.717) is 30.0 Å². The Labute approximate surface area is 226 Å². The molecule has 4 heterocycles. The van der Waals surface area contributed by atoms with E-state index in [0.717, 1.165) is 18.5 Å². The van der Waals surface area contributed by atoms with Gasteiger partial charge in [-0.25, -0.2) is 14.7 Å². The lowest BCUT2D eigenvalue weighted by Crippen LogP contribution is -2.41. The van der Waals surface area contributed by atoms with Gasteiger partial charge < -0.3 is 15.0 Å². The van der Waals surface area contributed by atoms with Crippen LogP contribution in [0.25, 0.3) is 0 Å². The molecule has 2 N–H and O–H groups in total.